The molecule has 4 nitrogen and oxygen atoms in total. The first kappa shape index (κ1) is 9.71. The number of aromatic amines is 1. The number of H-pyrrole nitrogens is 1. The topological polar surface area (TPSA) is 54.9 Å². The second kappa shape index (κ2) is 3.38. The van der Waals surface area contributed by atoms with Gasteiger partial charge in [0.2, 0.25) is 0 Å². The van der Waals surface area contributed by atoms with Crippen molar-refractivity contribution >= 4 is 10.9 Å². The summed E-state index contributed by atoms with van der Waals surface area (Å²) in [7, 11) is 0. The number of fused-ring (bicyclic) bond motifs is 1. The molecule has 15 heavy (non-hydrogen) atoms. The Bertz CT molecular complexity index is 623. The minimum atomic E-state index is -0.347. The van der Waals surface area contributed by atoms with Crippen molar-refractivity contribution in [2.75, 3.05) is 0 Å². The van der Waals surface area contributed by atoms with Gasteiger partial charge in [-0.25, -0.2) is 4.79 Å². The van der Waals surface area contributed by atoms with E-state index in [2.05, 4.69) is 4.98 Å². The van der Waals surface area contributed by atoms with Crippen LogP contribution in [0.1, 0.15) is 12.5 Å². The van der Waals surface area contributed by atoms with Crippen molar-refractivity contribution in [1.82, 2.24) is 9.55 Å². The maximum Gasteiger partial charge on any atom is 0.328 e. The van der Waals surface area contributed by atoms with Crippen LogP contribution in [0.2, 0.25) is 0 Å². The maximum absolute atomic E-state index is 11.8. The number of benzene rings is 1. The lowest BCUT2D eigenvalue weighted by molar-refractivity contribution is 0.684. The Morgan fingerprint density at radius 3 is 2.73 bits per heavy atom. The van der Waals surface area contributed by atoms with E-state index in [-0.39, 0.29) is 11.2 Å². The number of hydrogen-bond acceptors (Lipinski definition) is 2. The minimum absolute atomic E-state index is 0.226. The van der Waals surface area contributed by atoms with Crippen molar-refractivity contribution in [2.24, 2.45) is 0 Å². The zero-order chi connectivity index (χ0) is 11.0. The van der Waals surface area contributed by atoms with E-state index in [9.17, 15) is 9.59 Å². The molecule has 0 saturated carbocycles. The van der Waals surface area contributed by atoms with Gasteiger partial charge in [-0.15, -0.1) is 0 Å². The van der Waals surface area contributed by atoms with E-state index in [0.717, 1.165) is 5.56 Å². The highest BCUT2D eigenvalue weighted by Gasteiger charge is 2.05. The highest BCUT2D eigenvalue weighted by atomic mass is 16.2. The molecule has 0 saturated heterocycles. The molecule has 0 aliphatic rings. The molecule has 0 unspecified atom stereocenters. The third kappa shape index (κ3) is 1.48. The molecule has 0 radical (unpaired) electrons. The van der Waals surface area contributed by atoms with E-state index in [1.807, 2.05) is 13.0 Å². The van der Waals surface area contributed by atoms with Crippen LogP contribution >= 0.6 is 0 Å². The summed E-state index contributed by atoms with van der Waals surface area (Å²) in [6.07, 6.45) is 0. The van der Waals surface area contributed by atoms with E-state index in [4.69, 9.17) is 0 Å². The summed E-state index contributed by atoms with van der Waals surface area (Å²) in [6.45, 7) is 4.08. The molecular formula is C11H12N2O2. The fraction of sp³-hybridized carbons (Fsp3) is 0.273. The molecule has 4 heteroatoms. The van der Waals surface area contributed by atoms with Crippen molar-refractivity contribution < 1.29 is 0 Å². The Balaban J connectivity index is 2.98. The second-order valence-electron chi connectivity index (χ2n) is 3.53. The van der Waals surface area contributed by atoms with E-state index >= 15 is 0 Å². The molecule has 0 fully saturated rings. The molecule has 1 heterocycles. The zero-order valence-electron chi connectivity index (χ0n) is 8.70. The molecular weight excluding hydrogens is 192 g/mol. The van der Waals surface area contributed by atoms with Gasteiger partial charge in [0.15, 0.2) is 0 Å². The molecule has 1 aromatic carbocycles. The van der Waals surface area contributed by atoms with Crippen molar-refractivity contribution in [3.63, 3.8) is 0 Å². The van der Waals surface area contributed by atoms with Crippen LogP contribution in [0.5, 0.6) is 0 Å². The van der Waals surface area contributed by atoms with Crippen LogP contribution in [0, 0.1) is 6.92 Å². The smallest absolute Gasteiger partial charge is 0.307 e. The maximum atomic E-state index is 11.8. The predicted molar refractivity (Wildman–Crippen MR) is 59.2 cm³/mol. The van der Waals surface area contributed by atoms with Crippen LogP contribution in [0.3, 0.4) is 0 Å². The van der Waals surface area contributed by atoms with E-state index in [0.29, 0.717) is 17.4 Å². The molecule has 2 aromatic rings. The summed E-state index contributed by atoms with van der Waals surface area (Å²) >= 11 is 0. The Hall–Kier alpha value is -1.84. The minimum Gasteiger partial charge on any atom is -0.307 e. The summed E-state index contributed by atoms with van der Waals surface area (Å²) in [4.78, 5) is 26.0. The standard InChI is InChI=1S/C11H12N2O2/c1-3-13-10(14)8-5-4-7(2)6-9(8)12-11(13)15/h4-6H,3H2,1-2H3,(H,12,15). The molecule has 0 aliphatic carbocycles. The van der Waals surface area contributed by atoms with Gasteiger partial charge in [-0.1, -0.05) is 6.07 Å². The van der Waals surface area contributed by atoms with E-state index in [1.54, 1.807) is 19.1 Å². The fourth-order valence-corrected chi connectivity index (χ4v) is 1.66. The van der Waals surface area contributed by atoms with Crippen LogP contribution in [0.15, 0.2) is 27.8 Å². The molecule has 0 bridgehead atoms. The van der Waals surface area contributed by atoms with Crippen LogP contribution in [-0.4, -0.2) is 9.55 Å². The molecule has 1 aromatic heterocycles. The molecule has 2 rings (SSSR count). The lowest BCUT2D eigenvalue weighted by Gasteiger charge is -2.03. The van der Waals surface area contributed by atoms with Crippen molar-refractivity contribution in [3.8, 4) is 0 Å². The Kier molecular flexibility index (Phi) is 2.19. The zero-order valence-corrected chi connectivity index (χ0v) is 8.70. The highest BCUT2D eigenvalue weighted by Crippen LogP contribution is 2.07. The first-order valence-electron chi connectivity index (χ1n) is 4.87. The fourth-order valence-electron chi connectivity index (χ4n) is 1.66. The van der Waals surface area contributed by atoms with Gasteiger partial charge in [0.1, 0.15) is 0 Å². The number of aryl methyl sites for hydroxylation is 1. The summed E-state index contributed by atoms with van der Waals surface area (Å²) in [6, 6.07) is 5.41. The average molecular weight is 204 g/mol. The predicted octanol–water partition coefficient (Wildman–Crippen LogP) is 1.02. The highest BCUT2D eigenvalue weighted by molar-refractivity contribution is 5.77. The molecule has 0 aliphatic heterocycles. The van der Waals surface area contributed by atoms with Crippen LogP contribution in [0.25, 0.3) is 10.9 Å². The molecule has 0 atom stereocenters. The second-order valence-corrected chi connectivity index (χ2v) is 3.53. The van der Waals surface area contributed by atoms with E-state index in [1.165, 1.54) is 4.57 Å². The summed E-state index contributed by atoms with van der Waals surface area (Å²) in [5, 5.41) is 0.557. The first-order chi connectivity index (χ1) is 7.13. The molecule has 0 amide bonds. The third-order valence-electron chi connectivity index (χ3n) is 2.45. The number of aromatic nitrogens is 2. The Morgan fingerprint density at radius 1 is 1.33 bits per heavy atom. The number of nitrogens with one attached hydrogen (secondary N) is 1. The lowest BCUT2D eigenvalue weighted by atomic mass is 10.2. The molecule has 78 valence electrons. The normalized spacial score (nSPS) is 10.8. The Morgan fingerprint density at radius 2 is 2.07 bits per heavy atom. The SMILES string of the molecule is CCn1c(=O)[nH]c2cc(C)ccc2c1=O. The van der Waals surface area contributed by atoms with Crippen molar-refractivity contribution in [1.29, 1.82) is 0 Å². The monoisotopic (exact) mass is 204 g/mol. The number of hydrogen-bond donors (Lipinski definition) is 1. The lowest BCUT2D eigenvalue weighted by Crippen LogP contribution is -2.34. The van der Waals surface area contributed by atoms with Gasteiger partial charge >= 0.3 is 5.69 Å². The quantitative estimate of drug-likeness (QED) is 0.754. The van der Waals surface area contributed by atoms with Gasteiger partial charge in [-0.2, -0.15) is 0 Å². The van der Waals surface area contributed by atoms with E-state index < -0.39 is 0 Å². The summed E-state index contributed by atoms with van der Waals surface area (Å²) < 4.78 is 1.19. The number of rotatable bonds is 1. The van der Waals surface area contributed by atoms with Crippen LogP contribution in [-0.2, 0) is 6.54 Å². The van der Waals surface area contributed by atoms with Crippen LogP contribution in [0.4, 0.5) is 0 Å². The van der Waals surface area contributed by atoms with Gasteiger partial charge < -0.3 is 4.98 Å². The van der Waals surface area contributed by atoms with Gasteiger partial charge in [0, 0.05) is 6.54 Å². The third-order valence-corrected chi connectivity index (χ3v) is 2.45. The average Bonchev–Trinajstić information content (AvgIpc) is 2.17. The number of nitrogens with zero attached hydrogens (tertiary/aromatic N) is 1. The van der Waals surface area contributed by atoms with Gasteiger partial charge in [-0.05, 0) is 31.5 Å². The van der Waals surface area contributed by atoms with Gasteiger partial charge in [0.05, 0.1) is 10.9 Å². The summed E-state index contributed by atoms with van der Waals surface area (Å²) in [5.74, 6) is 0. The van der Waals surface area contributed by atoms with Crippen LogP contribution < -0.4 is 11.2 Å². The Labute approximate surface area is 86.2 Å². The first-order valence-corrected chi connectivity index (χ1v) is 4.87. The van der Waals surface area contributed by atoms with Crippen molar-refractivity contribution in [2.45, 2.75) is 20.4 Å². The largest absolute Gasteiger partial charge is 0.328 e. The summed E-state index contributed by atoms with van der Waals surface area (Å²) in [5.41, 5.74) is 1.05. The van der Waals surface area contributed by atoms with Gasteiger partial charge in [-0.3, -0.25) is 9.36 Å². The van der Waals surface area contributed by atoms with Crippen molar-refractivity contribution in [3.05, 3.63) is 44.6 Å². The van der Waals surface area contributed by atoms with Gasteiger partial charge in [0.25, 0.3) is 5.56 Å². The molecule has 0 spiro atoms. The molecule has 1 N–H and O–H groups in total.